The molecule has 0 radical (unpaired) electrons. The number of nitro benzene ring substituents is 1. The summed E-state index contributed by atoms with van der Waals surface area (Å²) in [4.78, 5) is 49.9. The van der Waals surface area contributed by atoms with Crippen molar-refractivity contribution in [1.82, 2.24) is 14.7 Å². The minimum atomic E-state index is -4.71. The molecule has 2 amide bonds. The number of carbonyl (C=O) groups excluding carboxylic acids is 1. The van der Waals surface area contributed by atoms with Gasteiger partial charge >= 0.3 is 43.1 Å². The number of ether oxygens (including phenoxy) is 5. The summed E-state index contributed by atoms with van der Waals surface area (Å²) in [5, 5.41) is 30.5. The molecular formula is C37H27Cl3F7N5O14S. The van der Waals surface area contributed by atoms with Crippen molar-refractivity contribution in [2.75, 3.05) is 19.0 Å². The molecule has 1 aromatic heterocycles. The smallest absolute Gasteiger partial charge is 0.416 e. The molecule has 4 N–H and O–H groups in total. The van der Waals surface area contributed by atoms with Gasteiger partial charge in [0.15, 0.2) is 5.75 Å². The number of carboxylic acids is 2. The van der Waals surface area contributed by atoms with E-state index in [0.717, 1.165) is 30.3 Å². The molecule has 0 bridgehead atoms. The first-order valence-electron chi connectivity index (χ1n) is 17.4. The van der Waals surface area contributed by atoms with Gasteiger partial charge in [-0.05, 0) is 55.5 Å². The lowest BCUT2D eigenvalue weighted by molar-refractivity contribution is -0.385. The van der Waals surface area contributed by atoms with Gasteiger partial charge in [-0.3, -0.25) is 15.4 Å². The molecule has 0 unspecified atom stereocenters. The highest BCUT2D eigenvalue weighted by atomic mass is 35.5. The highest BCUT2D eigenvalue weighted by Gasteiger charge is 2.31. The molecule has 360 valence electrons. The molecule has 1 heterocycles. The third-order valence-corrected chi connectivity index (χ3v) is 9.65. The van der Waals surface area contributed by atoms with Gasteiger partial charge in [0.25, 0.3) is 10.0 Å². The van der Waals surface area contributed by atoms with Gasteiger partial charge < -0.3 is 33.9 Å². The summed E-state index contributed by atoms with van der Waals surface area (Å²) in [7, 11) is -3.38. The Hall–Kier alpha value is -7.10. The SMILES string of the molecule is CCOc1cc(Oc2ccc(C(F)(F)F)cc2Cl)ccc1[N+](=O)[O-].COc1c(Cl)ccc(Cl)c1C(=O)O.O=C(Nc1nc(OC(F)F)cc(OC(F)F)n1)NS(=O)(=O)c1ccccc1C(=O)O. The average Bonchev–Trinajstić information content (AvgIpc) is 3.21. The summed E-state index contributed by atoms with van der Waals surface area (Å²) < 4.78 is 136. The first kappa shape index (κ1) is 54.2. The number of methoxy groups -OCH3 is 1. The number of anilines is 1. The maximum absolute atomic E-state index is 12.6. The van der Waals surface area contributed by atoms with E-state index in [1.54, 1.807) is 12.2 Å². The monoisotopic (exact) mass is 1040 g/mol. The summed E-state index contributed by atoms with van der Waals surface area (Å²) in [5.41, 5.74) is -1.91. The minimum absolute atomic E-state index is 0.0111. The van der Waals surface area contributed by atoms with Gasteiger partial charge in [-0.25, -0.2) is 27.5 Å². The van der Waals surface area contributed by atoms with Crippen molar-refractivity contribution in [3.05, 3.63) is 121 Å². The van der Waals surface area contributed by atoms with Gasteiger partial charge in [-0.2, -0.15) is 40.7 Å². The second kappa shape index (κ2) is 23.9. The second-order valence-corrected chi connectivity index (χ2v) is 14.7. The zero-order valence-electron chi connectivity index (χ0n) is 33.2. The van der Waals surface area contributed by atoms with Crippen LogP contribution in [0, 0.1) is 10.1 Å². The highest BCUT2D eigenvalue weighted by Crippen LogP contribution is 2.39. The van der Waals surface area contributed by atoms with Crippen molar-refractivity contribution in [3.8, 4) is 34.8 Å². The summed E-state index contributed by atoms with van der Waals surface area (Å²) >= 11 is 17.2. The number of nitrogens with one attached hydrogen (secondary N) is 2. The number of hydrogen-bond acceptors (Lipinski definition) is 14. The van der Waals surface area contributed by atoms with Crippen LogP contribution >= 0.6 is 34.8 Å². The predicted octanol–water partition coefficient (Wildman–Crippen LogP) is 10.0. The van der Waals surface area contributed by atoms with Crippen molar-refractivity contribution in [3.63, 3.8) is 0 Å². The quantitative estimate of drug-likeness (QED) is 0.0431. The lowest BCUT2D eigenvalue weighted by Gasteiger charge is -2.12. The van der Waals surface area contributed by atoms with E-state index in [2.05, 4.69) is 19.4 Å². The summed E-state index contributed by atoms with van der Waals surface area (Å²) in [5.74, 6) is -5.41. The Morgan fingerprint density at radius 2 is 1.42 bits per heavy atom. The lowest BCUT2D eigenvalue weighted by atomic mass is 10.2. The van der Waals surface area contributed by atoms with Crippen LogP contribution in [-0.4, -0.2) is 78.4 Å². The number of nitro groups is 1. The Bertz CT molecular complexity index is 2700. The van der Waals surface area contributed by atoms with Crippen molar-refractivity contribution < 1.29 is 92.4 Å². The molecular weight excluding hydrogens is 1010 g/mol. The fourth-order valence-corrected chi connectivity index (χ4v) is 6.53. The van der Waals surface area contributed by atoms with Crippen LogP contribution in [0.2, 0.25) is 15.1 Å². The normalized spacial score (nSPS) is 11.0. The molecule has 0 aliphatic heterocycles. The molecule has 0 fully saturated rings. The number of amides is 2. The van der Waals surface area contributed by atoms with E-state index < -0.39 is 86.0 Å². The number of aromatic nitrogens is 2. The molecule has 0 aliphatic rings. The molecule has 0 spiro atoms. The number of carbonyl (C=O) groups is 3. The van der Waals surface area contributed by atoms with Crippen LogP contribution < -0.4 is 33.7 Å². The van der Waals surface area contributed by atoms with E-state index in [1.165, 1.54) is 54.3 Å². The molecule has 67 heavy (non-hydrogen) atoms. The largest absolute Gasteiger partial charge is 0.494 e. The van der Waals surface area contributed by atoms with Crippen LogP contribution in [0.4, 0.5) is 47.2 Å². The molecule has 0 atom stereocenters. The van der Waals surface area contributed by atoms with Gasteiger partial charge in [0.1, 0.15) is 22.0 Å². The molecule has 4 aromatic carbocycles. The number of aromatic carboxylic acids is 2. The first-order chi connectivity index (χ1) is 31.3. The Kier molecular flexibility index (Phi) is 19.3. The number of benzene rings is 4. The highest BCUT2D eigenvalue weighted by molar-refractivity contribution is 7.90. The van der Waals surface area contributed by atoms with Crippen molar-refractivity contribution in [1.29, 1.82) is 0 Å². The molecule has 30 heteroatoms. The number of sulfonamides is 1. The zero-order valence-corrected chi connectivity index (χ0v) is 36.3. The summed E-state index contributed by atoms with van der Waals surface area (Å²) in [6, 6.07) is 12.5. The molecule has 19 nitrogen and oxygen atoms in total. The maximum atomic E-state index is 12.6. The van der Waals surface area contributed by atoms with E-state index in [-0.39, 0.29) is 55.9 Å². The Balaban J connectivity index is 0.000000286. The van der Waals surface area contributed by atoms with Gasteiger partial charge in [-0.15, -0.1) is 0 Å². The Morgan fingerprint density at radius 1 is 0.821 bits per heavy atom. The molecule has 0 aliphatic carbocycles. The lowest BCUT2D eigenvalue weighted by Crippen LogP contribution is -2.35. The van der Waals surface area contributed by atoms with Crippen LogP contribution in [-0.2, 0) is 16.2 Å². The number of carboxylic acid groups (broad SMARTS) is 2. The number of urea groups is 1. The van der Waals surface area contributed by atoms with Gasteiger partial charge in [0.2, 0.25) is 23.5 Å². The van der Waals surface area contributed by atoms with Crippen LogP contribution in [0.5, 0.6) is 34.8 Å². The molecule has 0 saturated carbocycles. The van der Waals surface area contributed by atoms with Crippen LogP contribution in [0.3, 0.4) is 0 Å². The van der Waals surface area contributed by atoms with E-state index in [9.17, 15) is 63.6 Å². The van der Waals surface area contributed by atoms with E-state index in [4.69, 9.17) is 59.2 Å². The van der Waals surface area contributed by atoms with Gasteiger partial charge in [0.05, 0.1) is 50.9 Å². The first-order valence-corrected chi connectivity index (χ1v) is 20.0. The summed E-state index contributed by atoms with van der Waals surface area (Å²) in [6.45, 7) is -4.96. The van der Waals surface area contributed by atoms with Crippen molar-refractivity contribution >= 4 is 74.4 Å². The predicted molar refractivity (Wildman–Crippen MR) is 219 cm³/mol. The Labute approximate surface area is 386 Å². The third kappa shape index (κ3) is 16.1. The molecule has 5 aromatic rings. The van der Waals surface area contributed by atoms with Gasteiger partial charge in [-0.1, -0.05) is 46.9 Å². The van der Waals surface area contributed by atoms with Crippen LogP contribution in [0.15, 0.2) is 83.8 Å². The average molecular weight is 1040 g/mol. The Morgan fingerprint density at radius 3 is 1.91 bits per heavy atom. The van der Waals surface area contributed by atoms with Crippen molar-refractivity contribution in [2.24, 2.45) is 0 Å². The van der Waals surface area contributed by atoms with Crippen LogP contribution in [0.25, 0.3) is 0 Å². The number of hydrogen-bond donors (Lipinski definition) is 4. The second-order valence-electron chi connectivity index (χ2n) is 11.8. The van der Waals surface area contributed by atoms with Crippen molar-refractivity contribution in [2.45, 2.75) is 31.2 Å². The standard InChI is InChI=1S/C15H11ClF3NO4.C14H10F4N4O7S.C8H6Cl2O3/c1-2-23-14-8-10(4-5-12(14)20(21)22)24-13-6-3-9(7-11(13)16)15(17,18)19;15-11(16)28-8-5-9(29-12(17)18)20-13(19-8)21-14(25)22-30(26,27)7-4-2-1-3-6(7)10(23)24;1-13-7-5(10)3-2-4(9)6(7)8(11)12/h3-8H,2H2,1H3;1-5,11-12H,(H,23,24)(H2,19,20,21,22,25);2-3H,1H3,(H,11,12). The van der Waals surface area contributed by atoms with E-state index in [0.29, 0.717) is 6.07 Å². The molecule has 0 saturated heterocycles. The van der Waals surface area contributed by atoms with Gasteiger partial charge in [0, 0.05) is 12.1 Å². The fraction of sp³-hybridized carbons (Fsp3) is 0.162. The number of nitrogens with zero attached hydrogens (tertiary/aromatic N) is 3. The minimum Gasteiger partial charge on any atom is -0.494 e. The summed E-state index contributed by atoms with van der Waals surface area (Å²) in [6.07, 6.45) is -4.52. The topological polar surface area (TPSA) is 265 Å². The maximum Gasteiger partial charge on any atom is 0.416 e. The number of halogens is 10. The van der Waals surface area contributed by atoms with E-state index >= 15 is 0 Å². The van der Waals surface area contributed by atoms with Crippen LogP contribution in [0.1, 0.15) is 33.2 Å². The third-order valence-electron chi connectivity index (χ3n) is 7.35. The molecule has 5 rings (SSSR count). The zero-order chi connectivity index (χ0) is 50.4. The number of alkyl halides is 7. The van der Waals surface area contributed by atoms with E-state index in [1.807, 2.05) is 0 Å². The number of rotatable bonds is 15. The fourth-order valence-electron chi connectivity index (χ4n) is 4.74.